The molecule has 2 N–H and O–H groups in total. The molecule has 1 aromatic rings. The van der Waals surface area contributed by atoms with E-state index in [1.165, 1.54) is 38.8 Å². The summed E-state index contributed by atoms with van der Waals surface area (Å²) >= 11 is 0. The maximum Gasteiger partial charge on any atom is 0.220 e. The number of nitrogens with zero attached hydrogens (tertiary/aromatic N) is 2. The van der Waals surface area contributed by atoms with Crippen LogP contribution in [0.25, 0.3) is 0 Å². The highest BCUT2D eigenvalue weighted by Crippen LogP contribution is 2.38. The van der Waals surface area contributed by atoms with Crippen molar-refractivity contribution in [3.63, 3.8) is 0 Å². The predicted octanol–water partition coefficient (Wildman–Crippen LogP) is 2.67. The fraction of sp³-hybridized carbons (Fsp3) is 0.714. The average molecular weight is 376 g/mol. The Kier molecular flexibility index (Phi) is 7.47. The van der Waals surface area contributed by atoms with Crippen LogP contribution in [0.4, 0.5) is 0 Å². The van der Waals surface area contributed by atoms with E-state index in [0.29, 0.717) is 12.3 Å². The Balaban J connectivity index is 1.50. The van der Waals surface area contributed by atoms with Gasteiger partial charge >= 0.3 is 0 Å². The first-order chi connectivity index (χ1) is 13.2. The number of hydrogen-bond acceptors (Lipinski definition) is 5. The number of pyridine rings is 1. The van der Waals surface area contributed by atoms with Gasteiger partial charge in [-0.25, -0.2) is 4.98 Å². The molecule has 2 aliphatic rings. The zero-order valence-corrected chi connectivity index (χ0v) is 16.4. The van der Waals surface area contributed by atoms with E-state index in [9.17, 15) is 9.90 Å². The lowest BCUT2D eigenvalue weighted by atomic mass is 9.75. The van der Waals surface area contributed by atoms with E-state index in [4.69, 9.17) is 4.74 Å². The van der Waals surface area contributed by atoms with Gasteiger partial charge in [-0.15, -0.1) is 0 Å². The minimum Gasteiger partial charge on any atom is -0.481 e. The van der Waals surface area contributed by atoms with Crippen LogP contribution in [0.1, 0.15) is 63.0 Å². The van der Waals surface area contributed by atoms with E-state index < -0.39 is 0 Å². The molecule has 1 aliphatic heterocycles. The Labute approximate surface area is 162 Å². The zero-order chi connectivity index (χ0) is 19.1. The van der Waals surface area contributed by atoms with Gasteiger partial charge in [-0.3, -0.25) is 4.79 Å². The van der Waals surface area contributed by atoms with Crippen LogP contribution in [0.5, 0.6) is 5.88 Å². The summed E-state index contributed by atoms with van der Waals surface area (Å²) in [5.41, 5.74) is 0.980. The number of likely N-dealkylation sites (tertiary alicyclic amines) is 1. The molecule has 0 radical (unpaired) electrons. The lowest BCUT2D eigenvalue weighted by Crippen LogP contribution is -2.41. The van der Waals surface area contributed by atoms with Gasteiger partial charge in [0, 0.05) is 18.7 Å². The van der Waals surface area contributed by atoms with Crippen molar-refractivity contribution in [1.29, 1.82) is 0 Å². The molecule has 1 aromatic heterocycles. The topological polar surface area (TPSA) is 74.7 Å². The molecule has 2 fully saturated rings. The summed E-state index contributed by atoms with van der Waals surface area (Å²) < 4.78 is 5.12. The molecule has 1 atom stereocenters. The number of ether oxygens (including phenoxy) is 1. The summed E-state index contributed by atoms with van der Waals surface area (Å²) in [6.07, 6.45) is 9.65. The lowest BCUT2D eigenvalue weighted by Gasteiger charge is -2.38. The number of nitrogens with one attached hydrogen (secondary N) is 1. The van der Waals surface area contributed by atoms with E-state index in [0.717, 1.165) is 31.4 Å². The third kappa shape index (κ3) is 5.91. The molecule has 6 nitrogen and oxygen atoms in total. The lowest BCUT2D eigenvalue weighted by molar-refractivity contribution is -0.123. The Bertz CT molecular complexity index is 579. The van der Waals surface area contributed by atoms with Crippen molar-refractivity contribution in [2.24, 2.45) is 5.92 Å². The Morgan fingerprint density at radius 3 is 2.63 bits per heavy atom. The van der Waals surface area contributed by atoms with Crippen LogP contribution in [-0.2, 0) is 4.79 Å². The number of aromatic nitrogens is 1. The van der Waals surface area contributed by atoms with Crippen LogP contribution >= 0.6 is 0 Å². The monoisotopic (exact) mass is 375 g/mol. The molecule has 1 saturated heterocycles. The predicted molar refractivity (Wildman–Crippen MR) is 105 cm³/mol. The van der Waals surface area contributed by atoms with Crippen LogP contribution in [-0.4, -0.2) is 53.7 Å². The maximum absolute atomic E-state index is 12.5. The van der Waals surface area contributed by atoms with E-state index in [-0.39, 0.29) is 24.0 Å². The third-order valence-corrected chi connectivity index (χ3v) is 5.84. The van der Waals surface area contributed by atoms with E-state index >= 15 is 0 Å². The minimum atomic E-state index is -0.247. The first kappa shape index (κ1) is 20.1. The highest BCUT2D eigenvalue weighted by molar-refractivity contribution is 5.76. The third-order valence-electron chi connectivity index (χ3n) is 5.84. The smallest absolute Gasteiger partial charge is 0.220 e. The highest BCUT2D eigenvalue weighted by Gasteiger charge is 2.35. The normalized spacial score (nSPS) is 24.5. The fourth-order valence-electron chi connectivity index (χ4n) is 4.14. The number of aliphatic hydroxyl groups is 1. The van der Waals surface area contributed by atoms with Gasteiger partial charge in [0.15, 0.2) is 0 Å². The molecule has 27 heavy (non-hydrogen) atoms. The number of hydrogen-bond donors (Lipinski definition) is 2. The summed E-state index contributed by atoms with van der Waals surface area (Å²) in [6, 6.07) is 3.69. The maximum atomic E-state index is 12.5. The summed E-state index contributed by atoms with van der Waals surface area (Å²) in [4.78, 5) is 19.3. The minimum absolute atomic E-state index is 0.0857. The number of carbonyl (C=O) groups excluding carboxylic acids is 1. The summed E-state index contributed by atoms with van der Waals surface area (Å²) in [6.45, 7) is 3.34. The van der Waals surface area contributed by atoms with Crippen LogP contribution < -0.4 is 10.1 Å². The van der Waals surface area contributed by atoms with Gasteiger partial charge in [-0.2, -0.15) is 0 Å². The standard InChI is InChI=1S/C21H33N3O3/c1-27-20-9-8-16(15-22-20)21(17-13-18(25)14-17)23-19(26)7-6-12-24-10-4-2-3-5-11-24/h8-9,15,17-18,21,25H,2-7,10-14H2,1H3,(H,23,26)/t17?,18?,21-/m0/s1. The molecule has 0 bridgehead atoms. The van der Waals surface area contributed by atoms with Crippen molar-refractivity contribution in [1.82, 2.24) is 15.2 Å². The second kappa shape index (κ2) is 10.0. The van der Waals surface area contributed by atoms with Crippen LogP contribution in [0, 0.1) is 5.92 Å². The molecule has 1 amide bonds. The number of amides is 1. The number of methoxy groups -OCH3 is 1. The van der Waals surface area contributed by atoms with E-state index in [1.807, 2.05) is 12.1 Å². The van der Waals surface area contributed by atoms with Gasteiger partial charge in [-0.1, -0.05) is 18.9 Å². The fourth-order valence-corrected chi connectivity index (χ4v) is 4.14. The van der Waals surface area contributed by atoms with Crippen molar-refractivity contribution in [3.8, 4) is 5.88 Å². The Morgan fingerprint density at radius 2 is 2.04 bits per heavy atom. The first-order valence-corrected chi connectivity index (χ1v) is 10.4. The quantitative estimate of drug-likeness (QED) is 0.731. The van der Waals surface area contributed by atoms with Crippen molar-refractivity contribution < 1.29 is 14.6 Å². The van der Waals surface area contributed by atoms with E-state index in [2.05, 4.69) is 15.2 Å². The number of aliphatic hydroxyl groups excluding tert-OH is 1. The van der Waals surface area contributed by atoms with Gasteiger partial charge < -0.3 is 20.1 Å². The Hall–Kier alpha value is -1.66. The molecular weight excluding hydrogens is 342 g/mol. The largest absolute Gasteiger partial charge is 0.481 e. The van der Waals surface area contributed by atoms with Gasteiger partial charge in [-0.05, 0) is 63.2 Å². The second-order valence-electron chi connectivity index (χ2n) is 7.92. The molecule has 3 rings (SSSR count). The van der Waals surface area contributed by atoms with Gasteiger partial charge in [0.25, 0.3) is 0 Å². The molecule has 150 valence electrons. The molecule has 2 heterocycles. The van der Waals surface area contributed by atoms with Crippen LogP contribution in [0.3, 0.4) is 0 Å². The number of rotatable bonds is 8. The molecule has 0 unspecified atom stereocenters. The van der Waals surface area contributed by atoms with Crippen molar-refractivity contribution in [3.05, 3.63) is 23.9 Å². The number of carbonyl (C=O) groups is 1. The first-order valence-electron chi connectivity index (χ1n) is 10.4. The highest BCUT2D eigenvalue weighted by atomic mass is 16.5. The molecule has 0 spiro atoms. The molecule has 6 heteroatoms. The SMILES string of the molecule is COc1ccc([C@H](NC(=O)CCCN2CCCCCC2)C2CC(O)C2)cn1. The van der Waals surface area contributed by atoms with Gasteiger partial charge in [0.1, 0.15) is 0 Å². The summed E-state index contributed by atoms with van der Waals surface area (Å²) in [7, 11) is 1.59. The molecule has 0 aromatic carbocycles. The van der Waals surface area contributed by atoms with Crippen molar-refractivity contribution in [2.45, 2.75) is 63.5 Å². The molecule has 1 aliphatic carbocycles. The van der Waals surface area contributed by atoms with Gasteiger partial charge in [0.05, 0.1) is 19.3 Å². The Morgan fingerprint density at radius 1 is 1.30 bits per heavy atom. The van der Waals surface area contributed by atoms with Crippen molar-refractivity contribution in [2.75, 3.05) is 26.7 Å². The zero-order valence-electron chi connectivity index (χ0n) is 16.4. The summed E-state index contributed by atoms with van der Waals surface area (Å²) in [5.74, 6) is 0.923. The second-order valence-corrected chi connectivity index (χ2v) is 7.92. The summed E-state index contributed by atoms with van der Waals surface area (Å²) in [5, 5.41) is 12.9. The molecule has 1 saturated carbocycles. The van der Waals surface area contributed by atoms with Crippen molar-refractivity contribution >= 4 is 5.91 Å². The van der Waals surface area contributed by atoms with Gasteiger partial charge in [0.2, 0.25) is 11.8 Å². The van der Waals surface area contributed by atoms with Crippen LogP contribution in [0.2, 0.25) is 0 Å². The molecular formula is C21H33N3O3. The van der Waals surface area contributed by atoms with E-state index in [1.54, 1.807) is 13.3 Å². The average Bonchev–Trinajstić information content (AvgIpc) is 2.93. The van der Waals surface area contributed by atoms with Crippen LogP contribution in [0.15, 0.2) is 18.3 Å².